The van der Waals surface area contributed by atoms with Crippen LogP contribution in [0.5, 0.6) is 5.75 Å². The molecule has 0 bridgehead atoms. The lowest BCUT2D eigenvalue weighted by Gasteiger charge is -2.07. The molecule has 10 heteroatoms. The van der Waals surface area contributed by atoms with E-state index in [0.717, 1.165) is 11.8 Å². The lowest BCUT2D eigenvalue weighted by Crippen LogP contribution is -2.23. The number of carboxylic acid groups (broad SMARTS) is 2. The van der Waals surface area contributed by atoms with E-state index in [4.69, 9.17) is 26.6 Å². The number of carboxylic acids is 2. The van der Waals surface area contributed by atoms with E-state index in [1.807, 2.05) is 0 Å². The second-order valence-electron chi connectivity index (χ2n) is 6.10. The van der Waals surface area contributed by atoms with E-state index in [1.54, 1.807) is 37.4 Å². The molecule has 2 N–H and O–H groups in total. The molecule has 2 aromatic rings. The number of rotatable bonds is 6. The first kappa shape index (κ1) is 21.4. The monoisotopic (exact) mass is 446 g/mol. The highest BCUT2D eigenvalue weighted by Gasteiger charge is 2.30. The van der Waals surface area contributed by atoms with Crippen LogP contribution in [0.2, 0.25) is 5.02 Å². The van der Waals surface area contributed by atoms with Crippen molar-refractivity contribution in [3.8, 4) is 5.75 Å². The Morgan fingerprint density at radius 1 is 1.23 bits per heavy atom. The van der Waals surface area contributed by atoms with Gasteiger partial charge in [-0.2, -0.15) is 0 Å². The minimum Gasteiger partial charge on any atom is -0.480 e. The van der Waals surface area contributed by atoms with Crippen molar-refractivity contribution in [2.75, 3.05) is 13.7 Å². The van der Waals surface area contributed by atoms with Crippen LogP contribution in [0.4, 0.5) is 5.69 Å². The van der Waals surface area contributed by atoms with Gasteiger partial charge in [-0.1, -0.05) is 23.7 Å². The molecule has 154 valence electrons. The predicted molar refractivity (Wildman–Crippen MR) is 113 cm³/mol. The summed E-state index contributed by atoms with van der Waals surface area (Å²) in [7, 11) is 1.58. The van der Waals surface area contributed by atoms with Crippen LogP contribution in [0.25, 0.3) is 6.08 Å². The average molecular weight is 447 g/mol. The summed E-state index contributed by atoms with van der Waals surface area (Å²) in [6.45, 7) is -0.512. The zero-order chi connectivity index (χ0) is 21.8. The molecule has 0 aliphatic carbocycles. The van der Waals surface area contributed by atoms with E-state index in [2.05, 4.69) is 4.99 Å². The molecule has 8 nitrogen and oxygen atoms in total. The molecule has 1 saturated heterocycles. The second-order valence-corrected chi connectivity index (χ2v) is 7.51. The van der Waals surface area contributed by atoms with Gasteiger partial charge in [0, 0.05) is 7.05 Å². The number of likely N-dealkylation sites (N-methyl/N-ethyl adjacent to an activating group) is 1. The van der Waals surface area contributed by atoms with Crippen LogP contribution in [-0.2, 0) is 9.59 Å². The van der Waals surface area contributed by atoms with Crippen molar-refractivity contribution >= 4 is 58.1 Å². The number of hydrogen-bond acceptors (Lipinski definition) is 6. The van der Waals surface area contributed by atoms with E-state index in [0.29, 0.717) is 21.3 Å². The van der Waals surface area contributed by atoms with Gasteiger partial charge >= 0.3 is 11.9 Å². The summed E-state index contributed by atoms with van der Waals surface area (Å²) in [4.78, 5) is 40.4. The fourth-order valence-corrected chi connectivity index (χ4v) is 3.72. The van der Waals surface area contributed by atoms with Crippen molar-refractivity contribution in [2.45, 2.75) is 0 Å². The molecule has 0 saturated carbocycles. The Morgan fingerprint density at radius 3 is 2.67 bits per heavy atom. The molecule has 1 fully saturated rings. The number of ether oxygens (including phenoxy) is 1. The Balaban J connectivity index is 1.83. The van der Waals surface area contributed by atoms with Crippen molar-refractivity contribution < 1.29 is 29.3 Å². The van der Waals surface area contributed by atoms with Crippen LogP contribution in [0, 0.1) is 0 Å². The van der Waals surface area contributed by atoms with Crippen LogP contribution in [0.15, 0.2) is 52.4 Å². The predicted octanol–water partition coefficient (Wildman–Crippen LogP) is 3.74. The van der Waals surface area contributed by atoms with Gasteiger partial charge in [0.05, 0.1) is 21.2 Å². The third-order valence-electron chi connectivity index (χ3n) is 3.93. The number of halogens is 1. The fourth-order valence-electron chi connectivity index (χ4n) is 2.49. The fraction of sp³-hybridized carbons (Fsp3) is 0.100. The van der Waals surface area contributed by atoms with Crippen molar-refractivity contribution in [2.24, 2.45) is 4.99 Å². The molecule has 1 amide bonds. The Bertz CT molecular complexity index is 1100. The van der Waals surface area contributed by atoms with Gasteiger partial charge in [-0.15, -0.1) is 0 Å². The Hall–Kier alpha value is -3.30. The van der Waals surface area contributed by atoms with Crippen LogP contribution in [-0.4, -0.2) is 51.8 Å². The lowest BCUT2D eigenvalue weighted by atomic mass is 10.2. The molecule has 0 spiro atoms. The van der Waals surface area contributed by atoms with E-state index in [-0.39, 0.29) is 22.2 Å². The van der Waals surface area contributed by atoms with Crippen LogP contribution < -0.4 is 4.74 Å². The third kappa shape index (κ3) is 5.00. The first-order valence-corrected chi connectivity index (χ1v) is 9.68. The van der Waals surface area contributed by atoms with Gasteiger partial charge in [-0.25, -0.2) is 14.6 Å². The maximum absolute atomic E-state index is 12.6. The standard InChI is InChI=1S/C20H15ClN2O6S/c1-23-18(26)16(8-11-5-6-15(14(21)7-11)29-10-17(24)25)30-20(23)22-13-4-2-3-12(9-13)19(27)28/h2-9H,10H2,1H3,(H,24,25)(H,27,28)/b16-8-,22-20?. The smallest absolute Gasteiger partial charge is 0.341 e. The van der Waals surface area contributed by atoms with Crippen molar-refractivity contribution in [1.82, 2.24) is 4.90 Å². The van der Waals surface area contributed by atoms with Crippen LogP contribution in [0.1, 0.15) is 15.9 Å². The van der Waals surface area contributed by atoms with Crippen LogP contribution in [0.3, 0.4) is 0 Å². The van der Waals surface area contributed by atoms with Gasteiger partial charge in [-0.3, -0.25) is 9.69 Å². The number of thioether (sulfide) groups is 1. The molecule has 1 heterocycles. The van der Waals surface area contributed by atoms with Gasteiger partial charge in [0.1, 0.15) is 5.75 Å². The number of aliphatic imine (C=N–C) groups is 1. The number of benzene rings is 2. The van der Waals surface area contributed by atoms with E-state index in [9.17, 15) is 14.4 Å². The molecule has 30 heavy (non-hydrogen) atoms. The number of carbonyl (C=O) groups excluding carboxylic acids is 1. The molecular weight excluding hydrogens is 432 g/mol. The highest BCUT2D eigenvalue weighted by atomic mass is 35.5. The summed E-state index contributed by atoms with van der Waals surface area (Å²) in [5.41, 5.74) is 1.15. The van der Waals surface area contributed by atoms with Gasteiger partial charge in [0.25, 0.3) is 5.91 Å². The van der Waals surface area contributed by atoms with Gasteiger partial charge in [0.2, 0.25) is 0 Å². The van der Waals surface area contributed by atoms with E-state index >= 15 is 0 Å². The minimum atomic E-state index is -1.12. The van der Waals surface area contributed by atoms with Crippen molar-refractivity contribution in [1.29, 1.82) is 0 Å². The summed E-state index contributed by atoms with van der Waals surface area (Å²) in [6, 6.07) is 10.8. The van der Waals surface area contributed by atoms with Gasteiger partial charge < -0.3 is 14.9 Å². The van der Waals surface area contributed by atoms with Gasteiger partial charge in [0.15, 0.2) is 11.8 Å². The van der Waals surface area contributed by atoms with Gasteiger partial charge in [-0.05, 0) is 53.7 Å². The number of carbonyl (C=O) groups is 3. The second kappa shape index (κ2) is 9.02. The first-order chi connectivity index (χ1) is 14.2. The summed E-state index contributed by atoms with van der Waals surface area (Å²) in [5.74, 6) is -2.22. The Labute approximate surface area is 180 Å². The zero-order valence-corrected chi connectivity index (χ0v) is 17.1. The van der Waals surface area contributed by atoms with E-state index < -0.39 is 18.5 Å². The molecule has 1 aliphatic rings. The largest absolute Gasteiger partial charge is 0.480 e. The maximum Gasteiger partial charge on any atom is 0.341 e. The Morgan fingerprint density at radius 2 is 2.00 bits per heavy atom. The Kier molecular flexibility index (Phi) is 6.43. The normalized spacial score (nSPS) is 16.3. The number of amidine groups is 1. The molecular formula is C20H15ClN2O6S. The molecule has 2 aromatic carbocycles. The highest BCUT2D eigenvalue weighted by Crippen LogP contribution is 2.34. The number of hydrogen-bond donors (Lipinski definition) is 2. The third-order valence-corrected chi connectivity index (χ3v) is 5.28. The number of aliphatic carboxylic acids is 1. The molecule has 0 unspecified atom stereocenters. The molecule has 0 aromatic heterocycles. The quantitative estimate of drug-likeness (QED) is 0.649. The average Bonchev–Trinajstić information content (AvgIpc) is 2.95. The molecule has 3 rings (SSSR count). The summed E-state index contributed by atoms with van der Waals surface area (Å²) in [6.07, 6.45) is 1.63. The minimum absolute atomic E-state index is 0.101. The molecule has 0 radical (unpaired) electrons. The highest BCUT2D eigenvalue weighted by molar-refractivity contribution is 8.18. The zero-order valence-electron chi connectivity index (χ0n) is 15.5. The first-order valence-electron chi connectivity index (χ1n) is 8.48. The summed E-state index contributed by atoms with van der Waals surface area (Å²) >= 11 is 7.26. The van der Waals surface area contributed by atoms with Crippen molar-refractivity contribution in [3.05, 3.63) is 63.5 Å². The number of aromatic carboxylic acids is 1. The maximum atomic E-state index is 12.6. The lowest BCUT2D eigenvalue weighted by molar-refractivity contribution is -0.139. The van der Waals surface area contributed by atoms with Crippen molar-refractivity contribution in [3.63, 3.8) is 0 Å². The number of amides is 1. The summed E-state index contributed by atoms with van der Waals surface area (Å²) in [5, 5.41) is 18.4. The van der Waals surface area contributed by atoms with Crippen LogP contribution >= 0.6 is 23.4 Å². The number of nitrogens with zero attached hydrogens (tertiary/aromatic N) is 2. The SMILES string of the molecule is CN1C(=O)/C(=C/c2ccc(OCC(=O)O)c(Cl)c2)SC1=Nc1cccc(C(=O)O)c1. The van der Waals surface area contributed by atoms with E-state index in [1.165, 1.54) is 23.1 Å². The summed E-state index contributed by atoms with van der Waals surface area (Å²) < 4.78 is 5.08. The topological polar surface area (TPSA) is 117 Å². The molecule has 0 atom stereocenters. The molecule has 1 aliphatic heterocycles.